The van der Waals surface area contributed by atoms with E-state index in [4.69, 9.17) is 9.47 Å². The molecule has 3 rings (SSSR count). The number of phenolic OH excluding ortho intramolecular Hbond substituents is 1. The molecular formula is C22H31IN4O3. The van der Waals surface area contributed by atoms with Crippen LogP contribution in [0.3, 0.4) is 0 Å². The molecule has 2 aromatic rings. The third kappa shape index (κ3) is 6.32. The van der Waals surface area contributed by atoms with Crippen LogP contribution in [0.5, 0.6) is 17.2 Å². The predicted molar refractivity (Wildman–Crippen MR) is 132 cm³/mol. The lowest BCUT2D eigenvalue weighted by atomic mass is 10.2. The molecule has 7 nitrogen and oxygen atoms in total. The second-order valence-corrected chi connectivity index (χ2v) is 7.00. The average Bonchev–Trinajstić information content (AvgIpc) is 2.75. The van der Waals surface area contributed by atoms with Crippen molar-refractivity contribution < 1.29 is 14.6 Å². The maximum atomic E-state index is 10.1. The zero-order valence-corrected chi connectivity index (χ0v) is 20.1. The van der Waals surface area contributed by atoms with Crippen molar-refractivity contribution in [1.29, 1.82) is 0 Å². The zero-order chi connectivity index (χ0) is 20.6. The van der Waals surface area contributed by atoms with Crippen molar-refractivity contribution in [2.24, 2.45) is 4.99 Å². The number of ether oxygens (including phenoxy) is 2. The van der Waals surface area contributed by atoms with Crippen LogP contribution < -0.4 is 19.7 Å². The molecule has 0 amide bonds. The van der Waals surface area contributed by atoms with Gasteiger partial charge in [0.1, 0.15) is 23.4 Å². The summed E-state index contributed by atoms with van der Waals surface area (Å²) in [5.74, 6) is 2.75. The van der Waals surface area contributed by atoms with Gasteiger partial charge in [-0.15, -0.1) is 24.0 Å². The second-order valence-electron chi connectivity index (χ2n) is 7.00. The van der Waals surface area contributed by atoms with Gasteiger partial charge in [0.25, 0.3) is 0 Å². The Morgan fingerprint density at radius 1 is 1.10 bits per heavy atom. The van der Waals surface area contributed by atoms with Gasteiger partial charge in [0.15, 0.2) is 5.96 Å². The van der Waals surface area contributed by atoms with Crippen molar-refractivity contribution in [1.82, 2.24) is 10.2 Å². The normalized spacial score (nSPS) is 15.2. The standard InChI is InChI=1S/C22H30N4O3.HI/c1-17(29-19-8-6-7-18(15-19)28-3)16-24-22(23-2)26-13-11-25(12-14-26)20-9-4-5-10-21(20)27;/h4-10,15,17,27H,11-14,16H2,1-3H3,(H,23,24);1H. The smallest absolute Gasteiger partial charge is 0.193 e. The number of nitrogens with zero attached hydrogens (tertiary/aromatic N) is 3. The van der Waals surface area contributed by atoms with E-state index in [1.165, 1.54) is 0 Å². The number of nitrogens with one attached hydrogen (secondary N) is 1. The Bertz CT molecular complexity index is 826. The summed E-state index contributed by atoms with van der Waals surface area (Å²) in [5.41, 5.74) is 0.885. The first-order valence-corrected chi connectivity index (χ1v) is 9.90. The lowest BCUT2D eigenvalue weighted by Gasteiger charge is -2.38. The lowest BCUT2D eigenvalue weighted by Crippen LogP contribution is -2.53. The molecule has 164 valence electrons. The molecule has 1 heterocycles. The van der Waals surface area contributed by atoms with Gasteiger partial charge in [0.2, 0.25) is 0 Å². The third-order valence-electron chi connectivity index (χ3n) is 4.94. The van der Waals surface area contributed by atoms with Crippen LogP contribution in [0.1, 0.15) is 6.92 Å². The monoisotopic (exact) mass is 526 g/mol. The quantitative estimate of drug-likeness (QED) is 0.343. The van der Waals surface area contributed by atoms with E-state index in [1.54, 1.807) is 20.2 Å². The fourth-order valence-electron chi connectivity index (χ4n) is 3.41. The van der Waals surface area contributed by atoms with E-state index in [2.05, 4.69) is 20.1 Å². The molecule has 1 aliphatic heterocycles. The molecule has 0 aliphatic carbocycles. The van der Waals surface area contributed by atoms with Crippen LogP contribution in [0.4, 0.5) is 5.69 Å². The van der Waals surface area contributed by atoms with E-state index < -0.39 is 0 Å². The Balaban J connectivity index is 0.00000320. The molecule has 0 spiro atoms. The number of para-hydroxylation sites is 2. The van der Waals surface area contributed by atoms with Gasteiger partial charge in [0, 0.05) is 39.3 Å². The lowest BCUT2D eigenvalue weighted by molar-refractivity contribution is 0.220. The predicted octanol–water partition coefficient (Wildman–Crippen LogP) is 3.18. The molecule has 0 radical (unpaired) electrons. The fraction of sp³-hybridized carbons (Fsp3) is 0.409. The molecule has 1 saturated heterocycles. The number of hydrogen-bond donors (Lipinski definition) is 2. The summed E-state index contributed by atoms with van der Waals surface area (Å²) >= 11 is 0. The number of anilines is 1. The molecule has 0 aromatic heterocycles. The summed E-state index contributed by atoms with van der Waals surface area (Å²) in [4.78, 5) is 8.85. The number of phenols is 1. The van der Waals surface area contributed by atoms with Gasteiger partial charge < -0.3 is 29.7 Å². The molecule has 0 saturated carbocycles. The highest BCUT2D eigenvalue weighted by Gasteiger charge is 2.21. The van der Waals surface area contributed by atoms with Gasteiger partial charge in [-0.05, 0) is 31.2 Å². The van der Waals surface area contributed by atoms with Crippen LogP contribution >= 0.6 is 24.0 Å². The summed E-state index contributed by atoms with van der Waals surface area (Å²) in [6.07, 6.45) is -0.0265. The second kappa shape index (κ2) is 11.7. The van der Waals surface area contributed by atoms with Crippen molar-refractivity contribution >= 4 is 35.6 Å². The summed E-state index contributed by atoms with van der Waals surface area (Å²) in [6.45, 7) is 5.99. The van der Waals surface area contributed by atoms with Gasteiger partial charge >= 0.3 is 0 Å². The first kappa shape index (κ1) is 23.9. The van der Waals surface area contributed by atoms with E-state index in [0.29, 0.717) is 12.3 Å². The fourth-order valence-corrected chi connectivity index (χ4v) is 3.41. The minimum absolute atomic E-state index is 0. The van der Waals surface area contributed by atoms with Crippen LogP contribution in [0.2, 0.25) is 0 Å². The number of guanidine groups is 1. The zero-order valence-electron chi connectivity index (χ0n) is 17.7. The number of halogens is 1. The molecule has 1 fully saturated rings. The van der Waals surface area contributed by atoms with Crippen LogP contribution in [-0.4, -0.2) is 69.0 Å². The topological polar surface area (TPSA) is 69.6 Å². The maximum Gasteiger partial charge on any atom is 0.193 e. The average molecular weight is 526 g/mol. The Hall–Kier alpha value is -2.36. The van der Waals surface area contributed by atoms with E-state index in [1.807, 2.05) is 49.4 Å². The van der Waals surface area contributed by atoms with Crippen molar-refractivity contribution in [3.05, 3.63) is 48.5 Å². The summed E-state index contributed by atoms with van der Waals surface area (Å²) < 4.78 is 11.2. The van der Waals surface area contributed by atoms with Gasteiger partial charge in [-0.3, -0.25) is 4.99 Å². The van der Waals surface area contributed by atoms with Crippen LogP contribution in [0.25, 0.3) is 0 Å². The van der Waals surface area contributed by atoms with Crippen molar-refractivity contribution in [3.8, 4) is 17.2 Å². The largest absolute Gasteiger partial charge is 0.506 e. The number of rotatable bonds is 6. The number of aliphatic imine (C=N–C) groups is 1. The van der Waals surface area contributed by atoms with E-state index in [0.717, 1.165) is 49.3 Å². The highest BCUT2D eigenvalue weighted by atomic mass is 127. The number of benzene rings is 2. The minimum atomic E-state index is -0.0265. The van der Waals surface area contributed by atoms with Gasteiger partial charge in [-0.1, -0.05) is 18.2 Å². The Kier molecular flexibility index (Phi) is 9.35. The van der Waals surface area contributed by atoms with E-state index >= 15 is 0 Å². The maximum absolute atomic E-state index is 10.1. The van der Waals surface area contributed by atoms with E-state index in [9.17, 15) is 5.11 Å². The Labute approximate surface area is 195 Å². The molecule has 8 heteroatoms. The molecule has 2 N–H and O–H groups in total. The summed E-state index contributed by atoms with van der Waals surface area (Å²) in [5, 5.41) is 13.5. The highest BCUT2D eigenvalue weighted by molar-refractivity contribution is 14.0. The van der Waals surface area contributed by atoms with Crippen molar-refractivity contribution in [2.45, 2.75) is 13.0 Å². The molecular weight excluding hydrogens is 495 g/mol. The minimum Gasteiger partial charge on any atom is -0.506 e. The molecule has 0 bridgehead atoms. The van der Waals surface area contributed by atoms with Crippen molar-refractivity contribution in [2.75, 3.05) is 51.8 Å². The van der Waals surface area contributed by atoms with Crippen LogP contribution in [0, 0.1) is 0 Å². The SMILES string of the molecule is CN=C(NCC(C)Oc1cccc(OC)c1)N1CCN(c2ccccc2O)CC1.I. The third-order valence-corrected chi connectivity index (χ3v) is 4.94. The highest BCUT2D eigenvalue weighted by Crippen LogP contribution is 2.27. The Morgan fingerprint density at radius 3 is 2.47 bits per heavy atom. The molecule has 1 atom stereocenters. The van der Waals surface area contributed by atoms with Gasteiger partial charge in [-0.2, -0.15) is 0 Å². The summed E-state index contributed by atoms with van der Waals surface area (Å²) in [6, 6.07) is 15.1. The molecule has 1 aliphatic rings. The number of methoxy groups -OCH3 is 1. The number of aromatic hydroxyl groups is 1. The molecule has 2 aromatic carbocycles. The van der Waals surface area contributed by atoms with E-state index in [-0.39, 0.29) is 30.1 Å². The number of piperazine rings is 1. The first-order chi connectivity index (χ1) is 14.1. The van der Waals surface area contributed by atoms with Gasteiger partial charge in [-0.25, -0.2) is 0 Å². The van der Waals surface area contributed by atoms with Crippen LogP contribution in [0.15, 0.2) is 53.5 Å². The molecule has 1 unspecified atom stereocenters. The number of hydrogen-bond acceptors (Lipinski definition) is 5. The Morgan fingerprint density at radius 2 is 1.80 bits per heavy atom. The van der Waals surface area contributed by atoms with Gasteiger partial charge in [0.05, 0.1) is 19.3 Å². The van der Waals surface area contributed by atoms with Crippen molar-refractivity contribution in [3.63, 3.8) is 0 Å². The summed E-state index contributed by atoms with van der Waals surface area (Å²) in [7, 11) is 3.44. The van der Waals surface area contributed by atoms with Crippen LogP contribution in [-0.2, 0) is 0 Å². The first-order valence-electron chi connectivity index (χ1n) is 9.90. The molecule has 30 heavy (non-hydrogen) atoms.